The fourth-order valence-electron chi connectivity index (χ4n) is 3.34. The molecule has 1 saturated heterocycles. The lowest BCUT2D eigenvalue weighted by Gasteiger charge is -2.31. The molecule has 2 heteroatoms. The molecule has 1 unspecified atom stereocenters. The van der Waals surface area contributed by atoms with E-state index in [4.69, 9.17) is 4.74 Å². The topological polar surface area (TPSA) is 21.6 Å². The number of aliphatic imine (C=N–C) groups is 1. The molecule has 0 aromatic rings. The second kappa shape index (κ2) is 4.51. The zero-order valence-corrected chi connectivity index (χ0v) is 11.2. The van der Waals surface area contributed by atoms with E-state index in [1.165, 1.54) is 42.4 Å². The van der Waals surface area contributed by atoms with Gasteiger partial charge >= 0.3 is 0 Å². The molecule has 0 bridgehead atoms. The molecule has 18 heavy (non-hydrogen) atoms. The van der Waals surface area contributed by atoms with Gasteiger partial charge < -0.3 is 4.74 Å². The summed E-state index contributed by atoms with van der Waals surface area (Å²) >= 11 is 0. The maximum Gasteiger partial charge on any atom is 0.0652 e. The van der Waals surface area contributed by atoms with Crippen LogP contribution < -0.4 is 0 Å². The third-order valence-electron chi connectivity index (χ3n) is 4.72. The Balaban J connectivity index is 1.78. The molecule has 0 saturated carbocycles. The first kappa shape index (κ1) is 11.9. The van der Waals surface area contributed by atoms with Crippen LogP contribution in [0.15, 0.2) is 40.4 Å². The Morgan fingerprint density at radius 1 is 1.44 bits per heavy atom. The number of hydrogen-bond acceptors (Lipinski definition) is 2. The van der Waals surface area contributed by atoms with E-state index in [1.54, 1.807) is 0 Å². The summed E-state index contributed by atoms with van der Waals surface area (Å²) in [7, 11) is 0. The van der Waals surface area contributed by atoms with Crippen LogP contribution in [0.1, 0.15) is 32.6 Å². The van der Waals surface area contributed by atoms with Gasteiger partial charge in [-0.1, -0.05) is 12.7 Å². The van der Waals surface area contributed by atoms with Crippen molar-refractivity contribution in [1.29, 1.82) is 0 Å². The predicted octanol–water partition coefficient (Wildman–Crippen LogP) is 3.46. The molecule has 1 fully saturated rings. The Kier molecular flexibility index (Phi) is 2.98. The second-order valence-corrected chi connectivity index (χ2v) is 5.75. The summed E-state index contributed by atoms with van der Waals surface area (Å²) in [6, 6.07) is 0. The Morgan fingerprint density at radius 2 is 2.33 bits per heavy atom. The molecule has 3 aliphatic rings. The number of nitrogens with zero attached hydrogens (tertiary/aromatic N) is 1. The summed E-state index contributed by atoms with van der Waals surface area (Å²) in [5.41, 5.74) is 5.83. The zero-order chi connectivity index (χ0) is 12.6. The minimum atomic E-state index is 0.457. The van der Waals surface area contributed by atoms with Crippen molar-refractivity contribution >= 4 is 5.71 Å². The molecule has 0 amide bonds. The number of rotatable bonds is 2. The first-order chi connectivity index (χ1) is 8.74. The largest absolute Gasteiger partial charge is 0.381 e. The van der Waals surface area contributed by atoms with Crippen molar-refractivity contribution in [3.05, 3.63) is 35.5 Å². The molecule has 0 aromatic carbocycles. The Morgan fingerprint density at radius 3 is 2.89 bits per heavy atom. The molecular formula is C16H21NO. The summed E-state index contributed by atoms with van der Waals surface area (Å²) in [4.78, 5) is 4.54. The van der Waals surface area contributed by atoms with Crippen LogP contribution in [0.3, 0.4) is 0 Å². The van der Waals surface area contributed by atoms with Gasteiger partial charge in [-0.15, -0.1) is 0 Å². The van der Waals surface area contributed by atoms with Crippen LogP contribution in [0.5, 0.6) is 0 Å². The van der Waals surface area contributed by atoms with Crippen molar-refractivity contribution in [2.45, 2.75) is 32.6 Å². The van der Waals surface area contributed by atoms with Crippen LogP contribution in [0.25, 0.3) is 0 Å². The summed E-state index contributed by atoms with van der Waals surface area (Å²) < 4.78 is 5.58. The van der Waals surface area contributed by atoms with E-state index in [1.807, 2.05) is 6.08 Å². The van der Waals surface area contributed by atoms with E-state index in [2.05, 4.69) is 24.6 Å². The minimum Gasteiger partial charge on any atom is -0.381 e. The van der Waals surface area contributed by atoms with Gasteiger partial charge in [-0.25, -0.2) is 0 Å². The van der Waals surface area contributed by atoms with Gasteiger partial charge in [0.15, 0.2) is 0 Å². The molecule has 1 spiro atoms. The van der Waals surface area contributed by atoms with Gasteiger partial charge in [-0.2, -0.15) is 0 Å². The molecule has 0 aromatic heterocycles. The lowest BCUT2D eigenvalue weighted by Crippen LogP contribution is -2.23. The SMILES string of the molecule is C=CC1=NCC(C2=CCC3(CCOC3)CC2)=C1C. The number of ether oxygens (including phenoxy) is 1. The molecule has 2 nitrogen and oxygen atoms in total. The van der Waals surface area contributed by atoms with Crippen molar-refractivity contribution in [1.82, 2.24) is 0 Å². The highest BCUT2D eigenvalue weighted by Gasteiger charge is 2.36. The number of allylic oxidation sites excluding steroid dienone is 3. The molecule has 1 aliphatic carbocycles. The fraction of sp³-hybridized carbons (Fsp3) is 0.562. The molecule has 2 heterocycles. The van der Waals surface area contributed by atoms with Gasteiger partial charge in [0.1, 0.15) is 0 Å². The average molecular weight is 243 g/mol. The van der Waals surface area contributed by atoms with Crippen LogP contribution in [-0.2, 0) is 4.74 Å². The van der Waals surface area contributed by atoms with Gasteiger partial charge in [0.2, 0.25) is 0 Å². The Bertz CT molecular complexity index is 461. The van der Waals surface area contributed by atoms with Gasteiger partial charge in [0.25, 0.3) is 0 Å². The van der Waals surface area contributed by atoms with Gasteiger partial charge in [-0.3, -0.25) is 4.99 Å². The molecule has 2 aliphatic heterocycles. The highest BCUT2D eigenvalue weighted by molar-refractivity contribution is 6.10. The summed E-state index contributed by atoms with van der Waals surface area (Å²) in [5.74, 6) is 0. The first-order valence-electron chi connectivity index (χ1n) is 6.88. The predicted molar refractivity (Wildman–Crippen MR) is 75.0 cm³/mol. The second-order valence-electron chi connectivity index (χ2n) is 5.75. The van der Waals surface area contributed by atoms with Gasteiger partial charge in [0.05, 0.1) is 18.9 Å². The van der Waals surface area contributed by atoms with Gasteiger partial charge in [0, 0.05) is 6.61 Å². The molecule has 3 rings (SSSR count). The van der Waals surface area contributed by atoms with Crippen LogP contribution in [0.2, 0.25) is 0 Å². The van der Waals surface area contributed by atoms with E-state index >= 15 is 0 Å². The zero-order valence-electron chi connectivity index (χ0n) is 11.2. The molecule has 0 N–H and O–H groups in total. The summed E-state index contributed by atoms with van der Waals surface area (Å²) in [6.07, 6.45) is 9.21. The quantitative estimate of drug-likeness (QED) is 0.728. The fourth-order valence-corrected chi connectivity index (χ4v) is 3.34. The minimum absolute atomic E-state index is 0.457. The highest BCUT2D eigenvalue weighted by Crippen LogP contribution is 2.44. The lowest BCUT2D eigenvalue weighted by atomic mass is 9.73. The van der Waals surface area contributed by atoms with Crippen LogP contribution in [0, 0.1) is 5.41 Å². The maximum absolute atomic E-state index is 5.58. The smallest absolute Gasteiger partial charge is 0.0652 e. The standard InChI is InChI=1S/C16H21NO/c1-3-15-12(2)14(10-17-15)13-4-6-16(7-5-13)8-9-18-11-16/h3-4H,1,5-11H2,2H3. The first-order valence-corrected chi connectivity index (χ1v) is 6.88. The summed E-state index contributed by atoms with van der Waals surface area (Å²) in [6.45, 7) is 8.77. The van der Waals surface area contributed by atoms with Crippen molar-refractivity contribution in [3.8, 4) is 0 Å². The van der Waals surface area contributed by atoms with E-state index < -0.39 is 0 Å². The van der Waals surface area contributed by atoms with Crippen LogP contribution in [-0.4, -0.2) is 25.5 Å². The van der Waals surface area contributed by atoms with Crippen molar-refractivity contribution in [2.75, 3.05) is 19.8 Å². The van der Waals surface area contributed by atoms with E-state index in [-0.39, 0.29) is 0 Å². The van der Waals surface area contributed by atoms with Crippen LogP contribution >= 0.6 is 0 Å². The normalized spacial score (nSPS) is 31.8. The number of hydrogen-bond donors (Lipinski definition) is 0. The average Bonchev–Trinajstić information content (AvgIpc) is 2.98. The molecule has 96 valence electrons. The van der Waals surface area contributed by atoms with Gasteiger partial charge in [-0.05, 0) is 60.8 Å². The van der Waals surface area contributed by atoms with E-state index in [0.29, 0.717) is 5.41 Å². The van der Waals surface area contributed by atoms with E-state index in [9.17, 15) is 0 Å². The Hall–Kier alpha value is -1.15. The lowest BCUT2D eigenvalue weighted by molar-refractivity contribution is 0.144. The Labute approximate surface area is 109 Å². The third-order valence-corrected chi connectivity index (χ3v) is 4.72. The van der Waals surface area contributed by atoms with Crippen molar-refractivity contribution in [2.24, 2.45) is 10.4 Å². The monoisotopic (exact) mass is 243 g/mol. The third kappa shape index (κ3) is 1.89. The maximum atomic E-state index is 5.58. The van der Waals surface area contributed by atoms with E-state index in [0.717, 1.165) is 25.5 Å². The molecule has 1 atom stereocenters. The molecule has 0 radical (unpaired) electrons. The van der Waals surface area contributed by atoms with Crippen molar-refractivity contribution in [3.63, 3.8) is 0 Å². The molecular weight excluding hydrogens is 222 g/mol. The summed E-state index contributed by atoms with van der Waals surface area (Å²) in [5, 5.41) is 0. The highest BCUT2D eigenvalue weighted by atomic mass is 16.5. The van der Waals surface area contributed by atoms with Crippen LogP contribution in [0.4, 0.5) is 0 Å². The van der Waals surface area contributed by atoms with Crippen molar-refractivity contribution < 1.29 is 4.74 Å².